The van der Waals surface area contributed by atoms with E-state index in [0.717, 1.165) is 25.9 Å². The lowest BCUT2D eigenvalue weighted by atomic mass is 10.2. The molecule has 22 heavy (non-hydrogen) atoms. The van der Waals surface area contributed by atoms with Crippen LogP contribution in [0, 0.1) is 6.92 Å². The maximum absolute atomic E-state index is 11.9. The van der Waals surface area contributed by atoms with Gasteiger partial charge >= 0.3 is 5.97 Å². The van der Waals surface area contributed by atoms with Crippen LogP contribution in [0.2, 0.25) is 0 Å². The quantitative estimate of drug-likeness (QED) is 0.865. The fraction of sp³-hybridized carbons (Fsp3) is 0.625. The predicted molar refractivity (Wildman–Crippen MR) is 83.1 cm³/mol. The Morgan fingerprint density at radius 1 is 1.23 bits per heavy atom. The molecule has 0 saturated carbocycles. The van der Waals surface area contributed by atoms with Crippen molar-refractivity contribution in [1.82, 2.24) is 9.47 Å². The monoisotopic (exact) mass is 308 g/mol. The second-order valence-electron chi connectivity index (χ2n) is 5.93. The molecule has 2 rings (SSSR count). The van der Waals surface area contributed by atoms with Crippen molar-refractivity contribution in [2.75, 3.05) is 13.1 Å². The van der Waals surface area contributed by atoms with Crippen LogP contribution in [-0.2, 0) is 17.9 Å². The Balaban J connectivity index is 2.29. The number of carbonyl (C=O) groups is 1. The van der Waals surface area contributed by atoms with Crippen LogP contribution in [0.3, 0.4) is 0 Å². The summed E-state index contributed by atoms with van der Waals surface area (Å²) < 4.78 is 1.76. The first kappa shape index (κ1) is 16.5. The summed E-state index contributed by atoms with van der Waals surface area (Å²) in [6.45, 7) is 4.41. The summed E-state index contributed by atoms with van der Waals surface area (Å²) in [5, 5.41) is 19.1. The van der Waals surface area contributed by atoms with E-state index in [1.165, 1.54) is 18.9 Å². The number of aromatic nitrogens is 1. The normalized spacial score (nSPS) is 16.4. The van der Waals surface area contributed by atoms with Gasteiger partial charge in [-0.05, 0) is 32.9 Å². The first-order valence-corrected chi connectivity index (χ1v) is 7.85. The first-order chi connectivity index (χ1) is 10.5. The standard InChI is InChI=1S/C16H24N2O4/c1-12-10-14(19)16(22)13(18(12)9-6-15(20)21)11-17-7-4-2-3-5-8-17/h10,22H,2-9,11H2,1H3,(H,20,21). The van der Waals surface area contributed by atoms with E-state index in [9.17, 15) is 14.7 Å². The first-order valence-electron chi connectivity index (χ1n) is 7.85. The molecule has 1 aliphatic rings. The van der Waals surface area contributed by atoms with E-state index in [1.807, 2.05) is 0 Å². The lowest BCUT2D eigenvalue weighted by molar-refractivity contribution is -0.137. The summed E-state index contributed by atoms with van der Waals surface area (Å²) in [6.07, 6.45) is 4.62. The Hall–Kier alpha value is -1.82. The maximum Gasteiger partial charge on any atom is 0.305 e. The van der Waals surface area contributed by atoms with E-state index in [4.69, 9.17) is 5.11 Å². The summed E-state index contributed by atoms with van der Waals surface area (Å²) in [7, 11) is 0. The van der Waals surface area contributed by atoms with Crippen LogP contribution in [0.15, 0.2) is 10.9 Å². The molecule has 1 fully saturated rings. The second kappa shape index (κ2) is 7.45. The van der Waals surface area contributed by atoms with Gasteiger partial charge in [0.25, 0.3) is 0 Å². The van der Waals surface area contributed by atoms with Gasteiger partial charge < -0.3 is 14.8 Å². The van der Waals surface area contributed by atoms with Gasteiger partial charge in [0.1, 0.15) is 0 Å². The van der Waals surface area contributed by atoms with Gasteiger partial charge in [-0.1, -0.05) is 12.8 Å². The van der Waals surface area contributed by atoms with E-state index in [2.05, 4.69) is 4.90 Å². The number of rotatable bonds is 5. The number of pyridine rings is 1. The molecule has 1 aromatic rings. The van der Waals surface area contributed by atoms with Crippen molar-refractivity contribution in [1.29, 1.82) is 0 Å². The molecule has 0 unspecified atom stereocenters. The Morgan fingerprint density at radius 2 is 1.86 bits per heavy atom. The van der Waals surface area contributed by atoms with Crippen LogP contribution in [0.1, 0.15) is 43.5 Å². The van der Waals surface area contributed by atoms with Crippen molar-refractivity contribution in [2.45, 2.75) is 52.1 Å². The molecule has 2 heterocycles. The number of aromatic hydroxyl groups is 1. The smallest absolute Gasteiger partial charge is 0.305 e. The van der Waals surface area contributed by atoms with E-state index in [-0.39, 0.29) is 18.7 Å². The van der Waals surface area contributed by atoms with Crippen LogP contribution < -0.4 is 5.43 Å². The number of aryl methyl sites for hydroxylation is 1. The number of hydrogen-bond acceptors (Lipinski definition) is 4. The third kappa shape index (κ3) is 4.10. The van der Waals surface area contributed by atoms with Crippen LogP contribution in [-0.4, -0.2) is 38.7 Å². The van der Waals surface area contributed by atoms with Crippen molar-refractivity contribution >= 4 is 5.97 Å². The number of hydrogen-bond donors (Lipinski definition) is 2. The SMILES string of the molecule is Cc1cc(=O)c(O)c(CN2CCCCCC2)n1CCC(=O)O. The predicted octanol–water partition coefficient (Wildman–Crippen LogP) is 1.71. The molecule has 1 aromatic heterocycles. The van der Waals surface area contributed by atoms with Gasteiger partial charge in [0, 0.05) is 24.8 Å². The number of nitrogens with zero attached hydrogens (tertiary/aromatic N) is 2. The third-order valence-corrected chi connectivity index (χ3v) is 4.22. The van der Waals surface area contributed by atoms with E-state index in [0.29, 0.717) is 17.9 Å². The second-order valence-corrected chi connectivity index (χ2v) is 5.93. The van der Waals surface area contributed by atoms with Gasteiger partial charge in [-0.25, -0.2) is 0 Å². The molecule has 1 saturated heterocycles. The molecule has 0 atom stereocenters. The fourth-order valence-corrected chi connectivity index (χ4v) is 3.00. The van der Waals surface area contributed by atoms with Gasteiger partial charge in [0.2, 0.25) is 5.43 Å². The summed E-state index contributed by atoms with van der Waals surface area (Å²) in [4.78, 5) is 24.9. The summed E-state index contributed by atoms with van der Waals surface area (Å²) in [5.41, 5.74) is 0.830. The molecular weight excluding hydrogens is 284 g/mol. The number of carboxylic acid groups (broad SMARTS) is 1. The molecule has 2 N–H and O–H groups in total. The van der Waals surface area contributed by atoms with Crippen LogP contribution >= 0.6 is 0 Å². The lowest BCUT2D eigenvalue weighted by Crippen LogP contribution is -2.28. The molecule has 0 amide bonds. The maximum atomic E-state index is 11.9. The van der Waals surface area contributed by atoms with Crippen LogP contribution in [0.5, 0.6) is 5.75 Å². The fourth-order valence-electron chi connectivity index (χ4n) is 3.00. The minimum Gasteiger partial charge on any atom is -0.503 e. The van der Waals surface area contributed by atoms with Crippen molar-refractivity contribution in [2.24, 2.45) is 0 Å². The molecule has 0 aromatic carbocycles. The lowest BCUT2D eigenvalue weighted by Gasteiger charge is -2.24. The van der Waals surface area contributed by atoms with Gasteiger partial charge in [0.05, 0.1) is 12.1 Å². The summed E-state index contributed by atoms with van der Waals surface area (Å²) in [6, 6.07) is 1.36. The Labute approximate surface area is 130 Å². The van der Waals surface area contributed by atoms with E-state index < -0.39 is 11.4 Å². The van der Waals surface area contributed by atoms with Gasteiger partial charge in [-0.2, -0.15) is 0 Å². The van der Waals surface area contributed by atoms with Crippen LogP contribution in [0.4, 0.5) is 0 Å². The molecular formula is C16H24N2O4. The average molecular weight is 308 g/mol. The summed E-state index contributed by atoms with van der Waals surface area (Å²) in [5.74, 6) is -1.14. The minimum atomic E-state index is -0.890. The average Bonchev–Trinajstić information content (AvgIpc) is 2.72. The molecule has 1 aliphatic heterocycles. The zero-order valence-electron chi connectivity index (χ0n) is 13.0. The molecule has 0 bridgehead atoms. The Morgan fingerprint density at radius 3 is 2.45 bits per heavy atom. The highest BCUT2D eigenvalue weighted by Crippen LogP contribution is 2.20. The molecule has 122 valence electrons. The molecule has 6 nitrogen and oxygen atoms in total. The van der Waals surface area contributed by atoms with Gasteiger partial charge in [-0.15, -0.1) is 0 Å². The van der Waals surface area contributed by atoms with Crippen molar-refractivity contribution in [3.8, 4) is 5.75 Å². The third-order valence-electron chi connectivity index (χ3n) is 4.22. The highest BCUT2D eigenvalue weighted by Gasteiger charge is 2.18. The topological polar surface area (TPSA) is 82.8 Å². The zero-order chi connectivity index (χ0) is 16.1. The number of likely N-dealkylation sites (tertiary alicyclic amines) is 1. The van der Waals surface area contributed by atoms with E-state index in [1.54, 1.807) is 11.5 Å². The van der Waals surface area contributed by atoms with Crippen LogP contribution in [0.25, 0.3) is 0 Å². The molecule has 0 spiro atoms. The van der Waals surface area contributed by atoms with Gasteiger partial charge in [-0.3, -0.25) is 14.5 Å². The van der Waals surface area contributed by atoms with Gasteiger partial charge in [0.15, 0.2) is 5.75 Å². The van der Waals surface area contributed by atoms with Crippen molar-refractivity contribution in [3.63, 3.8) is 0 Å². The zero-order valence-corrected chi connectivity index (χ0v) is 13.0. The number of aliphatic carboxylic acids is 1. The number of carboxylic acids is 1. The van der Waals surface area contributed by atoms with E-state index >= 15 is 0 Å². The highest BCUT2D eigenvalue weighted by atomic mass is 16.4. The molecule has 0 radical (unpaired) electrons. The van der Waals surface area contributed by atoms with Crippen molar-refractivity contribution < 1.29 is 15.0 Å². The minimum absolute atomic E-state index is 0.0316. The molecule has 6 heteroatoms. The Kier molecular flexibility index (Phi) is 5.60. The summed E-state index contributed by atoms with van der Waals surface area (Å²) >= 11 is 0. The Bertz CT molecular complexity index is 587. The molecule has 0 aliphatic carbocycles. The largest absolute Gasteiger partial charge is 0.503 e. The van der Waals surface area contributed by atoms with Crippen molar-refractivity contribution in [3.05, 3.63) is 27.7 Å². The highest BCUT2D eigenvalue weighted by molar-refractivity contribution is 5.66.